The predicted molar refractivity (Wildman–Crippen MR) is 66.7 cm³/mol. The SMILES string of the molecule is COCC(N)C(=O)NC1CCCCCC1.Cl. The molecule has 3 N–H and O–H groups in total. The van der Waals surface area contributed by atoms with Crippen LogP contribution in [-0.4, -0.2) is 31.7 Å². The summed E-state index contributed by atoms with van der Waals surface area (Å²) in [6, 6.07) is -0.207. The highest BCUT2D eigenvalue weighted by Gasteiger charge is 2.18. The van der Waals surface area contributed by atoms with E-state index in [4.69, 9.17) is 10.5 Å². The van der Waals surface area contributed by atoms with Crippen molar-refractivity contribution in [3.63, 3.8) is 0 Å². The third-order valence-corrected chi connectivity index (χ3v) is 2.88. The second kappa shape index (κ2) is 8.79. The van der Waals surface area contributed by atoms with Crippen molar-refractivity contribution in [2.24, 2.45) is 5.73 Å². The molecule has 0 aromatic carbocycles. The summed E-state index contributed by atoms with van der Waals surface area (Å²) in [7, 11) is 1.55. The Hall–Kier alpha value is -0.320. The van der Waals surface area contributed by atoms with Crippen LogP contribution in [0.3, 0.4) is 0 Å². The normalized spacial score (nSPS) is 19.4. The van der Waals surface area contributed by atoms with Gasteiger partial charge in [-0.1, -0.05) is 25.7 Å². The molecule has 0 saturated heterocycles. The van der Waals surface area contributed by atoms with Crippen molar-refractivity contribution in [2.75, 3.05) is 13.7 Å². The Kier molecular flexibility index (Phi) is 8.61. The van der Waals surface area contributed by atoms with Crippen LogP contribution in [0.15, 0.2) is 0 Å². The van der Waals surface area contributed by atoms with E-state index in [0.717, 1.165) is 12.8 Å². The molecule has 5 heteroatoms. The number of nitrogens with one attached hydrogen (secondary N) is 1. The van der Waals surface area contributed by atoms with Gasteiger partial charge in [-0.15, -0.1) is 12.4 Å². The van der Waals surface area contributed by atoms with Gasteiger partial charge in [-0.3, -0.25) is 4.79 Å². The number of halogens is 1. The fourth-order valence-corrected chi connectivity index (χ4v) is 1.99. The van der Waals surface area contributed by atoms with Gasteiger partial charge >= 0.3 is 0 Å². The highest BCUT2D eigenvalue weighted by Crippen LogP contribution is 2.17. The molecule has 1 saturated carbocycles. The Balaban J connectivity index is 0.00000225. The first-order chi connectivity index (χ1) is 7.24. The molecule has 0 spiro atoms. The second-order valence-electron chi connectivity index (χ2n) is 4.26. The van der Waals surface area contributed by atoms with Crippen LogP contribution in [0.2, 0.25) is 0 Å². The van der Waals surface area contributed by atoms with Gasteiger partial charge in [0.25, 0.3) is 0 Å². The minimum atomic E-state index is -0.529. The van der Waals surface area contributed by atoms with Crippen LogP contribution >= 0.6 is 12.4 Å². The van der Waals surface area contributed by atoms with Crippen LogP contribution in [0.25, 0.3) is 0 Å². The van der Waals surface area contributed by atoms with E-state index >= 15 is 0 Å². The van der Waals surface area contributed by atoms with Crippen LogP contribution in [-0.2, 0) is 9.53 Å². The number of rotatable bonds is 4. The van der Waals surface area contributed by atoms with Crippen molar-refractivity contribution in [2.45, 2.75) is 50.6 Å². The van der Waals surface area contributed by atoms with Crippen LogP contribution in [0.5, 0.6) is 0 Å². The zero-order chi connectivity index (χ0) is 11.1. The highest BCUT2D eigenvalue weighted by atomic mass is 35.5. The van der Waals surface area contributed by atoms with Crippen LogP contribution in [0.4, 0.5) is 0 Å². The van der Waals surface area contributed by atoms with Crippen LogP contribution in [0.1, 0.15) is 38.5 Å². The molecule has 1 aliphatic rings. The molecular formula is C11H23ClN2O2. The maximum Gasteiger partial charge on any atom is 0.239 e. The number of amides is 1. The average Bonchev–Trinajstić information content (AvgIpc) is 2.46. The van der Waals surface area contributed by atoms with E-state index in [-0.39, 0.29) is 18.3 Å². The zero-order valence-corrected chi connectivity index (χ0v) is 10.7. The number of carbonyl (C=O) groups excluding carboxylic acids is 1. The van der Waals surface area contributed by atoms with E-state index in [2.05, 4.69) is 5.32 Å². The summed E-state index contributed by atoms with van der Waals surface area (Å²) in [4.78, 5) is 11.6. The minimum Gasteiger partial charge on any atom is -0.383 e. The molecule has 0 bridgehead atoms. The predicted octanol–water partition coefficient (Wildman–Crippen LogP) is 1.22. The fraction of sp³-hybridized carbons (Fsp3) is 0.909. The smallest absolute Gasteiger partial charge is 0.239 e. The Morgan fingerprint density at radius 1 is 1.38 bits per heavy atom. The van der Waals surface area contributed by atoms with Crippen molar-refractivity contribution in [3.05, 3.63) is 0 Å². The van der Waals surface area contributed by atoms with Crippen molar-refractivity contribution in [1.29, 1.82) is 0 Å². The standard InChI is InChI=1S/C11H22N2O2.ClH/c1-15-8-10(12)11(14)13-9-6-4-2-3-5-7-9;/h9-10H,2-8,12H2,1H3,(H,13,14);1H. The lowest BCUT2D eigenvalue weighted by Crippen LogP contribution is -2.47. The molecular weight excluding hydrogens is 228 g/mol. The molecule has 1 rings (SSSR count). The first kappa shape index (κ1) is 15.7. The molecule has 0 radical (unpaired) electrons. The molecule has 0 aromatic heterocycles. The van der Waals surface area contributed by atoms with Crippen LogP contribution in [0, 0.1) is 0 Å². The lowest BCUT2D eigenvalue weighted by molar-refractivity contribution is -0.124. The van der Waals surface area contributed by atoms with E-state index in [1.165, 1.54) is 25.7 Å². The van der Waals surface area contributed by atoms with Gasteiger partial charge in [-0.25, -0.2) is 0 Å². The third-order valence-electron chi connectivity index (χ3n) is 2.88. The number of hydrogen-bond acceptors (Lipinski definition) is 3. The first-order valence-electron chi connectivity index (χ1n) is 5.79. The Bertz CT molecular complexity index is 194. The minimum absolute atomic E-state index is 0. The van der Waals surface area contributed by atoms with Gasteiger partial charge in [0, 0.05) is 13.2 Å². The van der Waals surface area contributed by atoms with Gasteiger partial charge in [0.05, 0.1) is 6.61 Å². The summed E-state index contributed by atoms with van der Waals surface area (Å²) in [6.45, 7) is 0.290. The van der Waals surface area contributed by atoms with Crippen LogP contribution < -0.4 is 11.1 Å². The lowest BCUT2D eigenvalue weighted by Gasteiger charge is -2.18. The fourth-order valence-electron chi connectivity index (χ4n) is 1.99. The third kappa shape index (κ3) is 5.68. The molecule has 96 valence electrons. The summed E-state index contributed by atoms with van der Waals surface area (Å²) < 4.78 is 4.85. The van der Waals surface area contributed by atoms with Gasteiger partial charge in [0.1, 0.15) is 6.04 Å². The van der Waals surface area contributed by atoms with E-state index < -0.39 is 6.04 Å². The summed E-state index contributed by atoms with van der Waals surface area (Å²) >= 11 is 0. The van der Waals surface area contributed by atoms with E-state index in [9.17, 15) is 4.79 Å². The zero-order valence-electron chi connectivity index (χ0n) is 9.91. The number of carbonyl (C=O) groups is 1. The molecule has 4 nitrogen and oxygen atoms in total. The summed E-state index contributed by atoms with van der Waals surface area (Å²) in [5, 5.41) is 3.00. The van der Waals surface area contributed by atoms with Gasteiger partial charge in [0.15, 0.2) is 0 Å². The molecule has 0 aromatic rings. The Labute approximate surface area is 104 Å². The largest absolute Gasteiger partial charge is 0.383 e. The van der Waals surface area contributed by atoms with Crippen molar-refractivity contribution in [3.8, 4) is 0 Å². The van der Waals surface area contributed by atoms with E-state index in [1.54, 1.807) is 7.11 Å². The van der Waals surface area contributed by atoms with Gasteiger partial charge in [0.2, 0.25) is 5.91 Å². The molecule has 1 unspecified atom stereocenters. The monoisotopic (exact) mass is 250 g/mol. The number of nitrogens with two attached hydrogens (primary N) is 1. The number of methoxy groups -OCH3 is 1. The molecule has 0 aliphatic heterocycles. The maximum absolute atomic E-state index is 11.6. The van der Waals surface area contributed by atoms with Gasteiger partial charge in [-0.05, 0) is 12.8 Å². The topological polar surface area (TPSA) is 64.3 Å². The molecule has 1 aliphatic carbocycles. The second-order valence-corrected chi connectivity index (χ2v) is 4.26. The lowest BCUT2D eigenvalue weighted by atomic mass is 10.1. The number of ether oxygens (including phenoxy) is 1. The molecule has 16 heavy (non-hydrogen) atoms. The van der Waals surface area contributed by atoms with Gasteiger partial charge < -0.3 is 15.8 Å². The number of hydrogen-bond donors (Lipinski definition) is 2. The van der Waals surface area contributed by atoms with Gasteiger partial charge in [-0.2, -0.15) is 0 Å². The van der Waals surface area contributed by atoms with E-state index in [0.29, 0.717) is 12.6 Å². The van der Waals surface area contributed by atoms with E-state index in [1.807, 2.05) is 0 Å². The Morgan fingerprint density at radius 2 is 1.94 bits per heavy atom. The van der Waals surface area contributed by atoms with Crippen molar-refractivity contribution in [1.82, 2.24) is 5.32 Å². The highest BCUT2D eigenvalue weighted by molar-refractivity contribution is 5.85. The summed E-state index contributed by atoms with van der Waals surface area (Å²) in [5.74, 6) is -0.0799. The summed E-state index contributed by atoms with van der Waals surface area (Å²) in [5.41, 5.74) is 5.65. The summed E-state index contributed by atoms with van der Waals surface area (Å²) in [6.07, 6.45) is 7.18. The molecule has 1 atom stereocenters. The van der Waals surface area contributed by atoms with Crippen molar-refractivity contribution >= 4 is 18.3 Å². The molecule has 0 heterocycles. The van der Waals surface area contributed by atoms with Crippen molar-refractivity contribution < 1.29 is 9.53 Å². The Morgan fingerprint density at radius 3 is 2.44 bits per heavy atom. The maximum atomic E-state index is 11.6. The first-order valence-corrected chi connectivity index (χ1v) is 5.79. The average molecular weight is 251 g/mol. The molecule has 1 fully saturated rings. The quantitative estimate of drug-likeness (QED) is 0.738. The molecule has 1 amide bonds.